The van der Waals surface area contributed by atoms with Gasteiger partial charge in [-0.3, -0.25) is 9.36 Å². The summed E-state index contributed by atoms with van der Waals surface area (Å²) in [5.74, 6) is -6.12. The molecule has 2 aromatic heterocycles. The highest BCUT2D eigenvalue weighted by Crippen LogP contribution is 2.20. The highest BCUT2D eigenvalue weighted by molar-refractivity contribution is 7.80. The molecule has 33 heavy (non-hydrogen) atoms. The molecule has 0 bridgehead atoms. The van der Waals surface area contributed by atoms with Crippen LogP contribution in [0.15, 0.2) is 55.0 Å². The number of hydrogen-bond acceptors (Lipinski definition) is 3. The fraction of sp³-hybridized carbons (Fsp3) is 0.0952. The van der Waals surface area contributed by atoms with E-state index in [9.17, 15) is 22.0 Å². The summed E-state index contributed by atoms with van der Waals surface area (Å²) in [7, 11) is 0. The lowest BCUT2D eigenvalue weighted by molar-refractivity contribution is 0.420. The summed E-state index contributed by atoms with van der Waals surface area (Å²) >= 11 is 5.21. The Bertz CT molecular complexity index is 1320. The average molecular weight is 478 g/mol. The first-order valence-corrected chi connectivity index (χ1v) is 9.90. The van der Waals surface area contributed by atoms with Crippen LogP contribution in [0, 0.1) is 29.1 Å². The second-order valence-corrected chi connectivity index (χ2v) is 7.35. The minimum atomic E-state index is -1.75. The number of halogens is 5. The number of aromatic nitrogens is 4. The zero-order valence-corrected chi connectivity index (χ0v) is 17.5. The predicted molar refractivity (Wildman–Crippen MR) is 115 cm³/mol. The largest absolute Gasteiger partial charge is 0.330 e. The molecule has 0 unspecified atom stereocenters. The van der Waals surface area contributed by atoms with Crippen LogP contribution < -0.4 is 10.6 Å². The number of hydrogen-bond donors (Lipinski definition) is 2. The van der Waals surface area contributed by atoms with Gasteiger partial charge in [-0.1, -0.05) is 18.2 Å². The minimum Gasteiger partial charge on any atom is -0.330 e. The number of anilines is 2. The van der Waals surface area contributed by atoms with Crippen molar-refractivity contribution in [2.75, 3.05) is 10.6 Å². The van der Waals surface area contributed by atoms with Gasteiger partial charge in [0, 0.05) is 35.7 Å². The van der Waals surface area contributed by atoms with Gasteiger partial charge in [0.25, 0.3) is 0 Å². The topological polar surface area (TPSA) is 59.7 Å². The first-order valence-electron chi connectivity index (χ1n) is 9.49. The van der Waals surface area contributed by atoms with E-state index in [0.717, 1.165) is 4.68 Å². The van der Waals surface area contributed by atoms with Crippen LogP contribution in [0.1, 0.15) is 11.1 Å². The molecule has 0 aliphatic carbocycles. The third-order valence-corrected chi connectivity index (χ3v) is 4.80. The second kappa shape index (κ2) is 9.36. The third-order valence-electron chi connectivity index (χ3n) is 4.59. The van der Waals surface area contributed by atoms with Crippen LogP contribution in [0.2, 0.25) is 0 Å². The monoisotopic (exact) mass is 478 g/mol. The van der Waals surface area contributed by atoms with Gasteiger partial charge in [0.05, 0.1) is 25.0 Å². The van der Waals surface area contributed by atoms with Crippen molar-refractivity contribution in [1.82, 2.24) is 19.6 Å². The lowest BCUT2D eigenvalue weighted by Gasteiger charge is -2.08. The molecule has 2 N–H and O–H groups in total. The van der Waals surface area contributed by atoms with Crippen molar-refractivity contribution in [2.45, 2.75) is 13.1 Å². The number of nitrogens with zero attached hydrogens (tertiary/aromatic N) is 4. The van der Waals surface area contributed by atoms with Gasteiger partial charge in [0.2, 0.25) is 0 Å². The molecule has 2 aromatic carbocycles. The predicted octanol–water partition coefficient (Wildman–Crippen LogP) is 4.68. The summed E-state index contributed by atoms with van der Waals surface area (Å²) in [6.07, 6.45) is 4.37. The van der Waals surface area contributed by atoms with Crippen molar-refractivity contribution >= 4 is 28.8 Å². The Morgan fingerprint density at radius 3 is 2.45 bits per heavy atom. The fourth-order valence-electron chi connectivity index (χ4n) is 3.02. The molecular formula is C21H15F5N6S. The maximum absolute atomic E-state index is 13.9. The van der Waals surface area contributed by atoms with Crippen LogP contribution in [0.5, 0.6) is 0 Å². The number of rotatable bonds is 6. The van der Waals surface area contributed by atoms with Crippen LogP contribution in [0.3, 0.4) is 0 Å². The first kappa shape index (κ1) is 22.4. The Hall–Kier alpha value is -3.80. The van der Waals surface area contributed by atoms with E-state index in [1.165, 1.54) is 23.1 Å². The summed E-state index contributed by atoms with van der Waals surface area (Å²) in [5.41, 5.74) is 0.195. The molecule has 0 atom stereocenters. The van der Waals surface area contributed by atoms with Gasteiger partial charge in [0.1, 0.15) is 11.6 Å². The summed E-state index contributed by atoms with van der Waals surface area (Å²) in [5, 5.41) is 14.0. The van der Waals surface area contributed by atoms with E-state index >= 15 is 0 Å². The van der Waals surface area contributed by atoms with Crippen molar-refractivity contribution in [3.8, 4) is 0 Å². The van der Waals surface area contributed by atoms with Gasteiger partial charge >= 0.3 is 0 Å². The Morgan fingerprint density at radius 1 is 0.879 bits per heavy atom. The average Bonchev–Trinajstić information content (AvgIpc) is 3.40. The maximum atomic E-state index is 13.9. The maximum Gasteiger partial charge on any atom is 0.194 e. The zero-order valence-electron chi connectivity index (χ0n) is 16.7. The van der Waals surface area contributed by atoms with Gasteiger partial charge < -0.3 is 10.6 Å². The van der Waals surface area contributed by atoms with Crippen molar-refractivity contribution in [3.05, 3.63) is 95.2 Å². The van der Waals surface area contributed by atoms with E-state index in [0.29, 0.717) is 17.1 Å². The van der Waals surface area contributed by atoms with Crippen LogP contribution in [-0.4, -0.2) is 24.7 Å². The molecule has 0 radical (unpaired) electrons. The van der Waals surface area contributed by atoms with Crippen LogP contribution in [0.25, 0.3) is 0 Å². The van der Waals surface area contributed by atoms with Gasteiger partial charge in [-0.05, 0) is 18.3 Å². The summed E-state index contributed by atoms with van der Waals surface area (Å²) in [4.78, 5) is 0. The molecule has 0 amide bonds. The SMILES string of the molecule is Fc1ccccc1Cn1ccc(NC(=S)Nc2cnn(Cc3c(F)cc(F)c(F)c3F)c2)n1. The molecule has 12 heteroatoms. The van der Waals surface area contributed by atoms with E-state index < -0.39 is 35.4 Å². The van der Waals surface area contributed by atoms with Crippen molar-refractivity contribution in [1.29, 1.82) is 0 Å². The lowest BCUT2D eigenvalue weighted by Crippen LogP contribution is -2.19. The van der Waals surface area contributed by atoms with Gasteiger partial charge in [0.15, 0.2) is 28.4 Å². The van der Waals surface area contributed by atoms with Crippen LogP contribution >= 0.6 is 12.2 Å². The summed E-state index contributed by atoms with van der Waals surface area (Å²) < 4.78 is 70.6. The van der Waals surface area contributed by atoms with E-state index in [1.807, 2.05) is 0 Å². The Labute approximate surface area is 189 Å². The van der Waals surface area contributed by atoms with E-state index in [1.54, 1.807) is 30.5 Å². The molecule has 170 valence electrons. The molecule has 0 aliphatic heterocycles. The molecule has 0 fully saturated rings. The molecule has 2 heterocycles. The Morgan fingerprint density at radius 2 is 1.67 bits per heavy atom. The first-order chi connectivity index (χ1) is 15.8. The third kappa shape index (κ3) is 5.17. The number of nitrogens with one attached hydrogen (secondary N) is 2. The van der Waals surface area contributed by atoms with Gasteiger partial charge in [-0.15, -0.1) is 0 Å². The molecule has 6 nitrogen and oxygen atoms in total. The Kier molecular flexibility index (Phi) is 6.36. The highest BCUT2D eigenvalue weighted by Gasteiger charge is 2.19. The van der Waals surface area contributed by atoms with Gasteiger partial charge in [-0.25, -0.2) is 22.0 Å². The Balaban J connectivity index is 1.37. The van der Waals surface area contributed by atoms with Crippen LogP contribution in [-0.2, 0) is 13.1 Å². The standard InChI is InChI=1S/C21H15F5N6S/c22-15-4-2-1-3-12(15)9-31-6-5-18(30-31)29-21(33)28-13-8-27-32(10-13)11-14-16(23)7-17(24)20(26)19(14)25/h1-8,10H,9,11H2,(H2,28,29,30,33). The summed E-state index contributed by atoms with van der Waals surface area (Å²) in [6, 6.07) is 8.29. The van der Waals surface area contributed by atoms with Crippen molar-refractivity contribution in [3.63, 3.8) is 0 Å². The van der Waals surface area contributed by atoms with Crippen molar-refractivity contribution in [2.24, 2.45) is 0 Å². The smallest absolute Gasteiger partial charge is 0.194 e. The zero-order chi connectivity index (χ0) is 23.5. The van der Waals surface area contributed by atoms with E-state index in [2.05, 4.69) is 20.8 Å². The summed E-state index contributed by atoms with van der Waals surface area (Å²) in [6.45, 7) is -0.227. The molecular weight excluding hydrogens is 463 g/mol. The second-order valence-electron chi connectivity index (χ2n) is 6.94. The van der Waals surface area contributed by atoms with E-state index in [-0.39, 0.29) is 23.5 Å². The molecule has 0 saturated heterocycles. The van der Waals surface area contributed by atoms with Crippen molar-refractivity contribution < 1.29 is 22.0 Å². The number of thiocarbonyl (C=S) groups is 1. The molecule has 0 aliphatic rings. The minimum absolute atomic E-state index is 0.149. The quantitative estimate of drug-likeness (QED) is 0.182. The molecule has 0 spiro atoms. The van der Waals surface area contributed by atoms with E-state index in [4.69, 9.17) is 12.2 Å². The van der Waals surface area contributed by atoms with Gasteiger partial charge in [-0.2, -0.15) is 10.2 Å². The molecule has 4 aromatic rings. The highest BCUT2D eigenvalue weighted by atomic mass is 32.1. The normalized spacial score (nSPS) is 10.9. The number of benzene rings is 2. The lowest BCUT2D eigenvalue weighted by atomic mass is 10.2. The fourth-order valence-corrected chi connectivity index (χ4v) is 3.24. The van der Waals surface area contributed by atoms with Crippen LogP contribution in [0.4, 0.5) is 33.5 Å². The molecule has 0 saturated carbocycles. The molecule has 4 rings (SSSR count).